The van der Waals surface area contributed by atoms with Gasteiger partial charge < -0.3 is 20.1 Å². The number of alkyl halides is 2. The lowest BCUT2D eigenvalue weighted by molar-refractivity contribution is -0.0914. The van der Waals surface area contributed by atoms with Crippen LogP contribution in [0.15, 0.2) is 35.3 Å². The SMILES string of the molecule is C[C@@H](NC(=O)c1cn(C23CC(C2)C3)c(=O)cc1N[C@@H]1C[C@@H]2CN(C)C[C@@H]2C1)c1cccc(C(F)F)c1F. The highest BCUT2D eigenvalue weighted by Crippen LogP contribution is 2.61. The van der Waals surface area contributed by atoms with Gasteiger partial charge in [-0.05, 0) is 63.8 Å². The Kier molecular flexibility index (Phi) is 5.89. The number of carbonyl (C=O) groups is 1. The molecule has 2 heterocycles. The molecule has 1 aromatic heterocycles. The number of rotatable bonds is 7. The van der Waals surface area contributed by atoms with Crippen LogP contribution in [0, 0.1) is 23.6 Å². The predicted molar refractivity (Wildman–Crippen MR) is 134 cm³/mol. The van der Waals surface area contributed by atoms with Gasteiger partial charge in [-0.2, -0.15) is 0 Å². The van der Waals surface area contributed by atoms with Gasteiger partial charge in [-0.1, -0.05) is 18.2 Å². The molecule has 4 aliphatic carbocycles. The lowest BCUT2D eigenvalue weighted by Gasteiger charge is -2.62. The minimum absolute atomic E-state index is 0.00106. The molecular formula is C28H33F3N4O2. The lowest BCUT2D eigenvalue weighted by atomic mass is 9.49. The first-order valence-electron chi connectivity index (χ1n) is 13.2. The Hall–Kier alpha value is -2.81. The minimum atomic E-state index is -2.94. The molecular weight excluding hydrogens is 481 g/mol. The maximum atomic E-state index is 14.8. The fourth-order valence-electron chi connectivity index (χ4n) is 7.23. The smallest absolute Gasteiger partial charge is 0.266 e. The molecule has 2 N–H and O–H groups in total. The first kappa shape index (κ1) is 24.5. The number of aromatic nitrogens is 1. The molecule has 37 heavy (non-hydrogen) atoms. The van der Waals surface area contributed by atoms with E-state index in [1.807, 2.05) is 0 Å². The van der Waals surface area contributed by atoms with E-state index in [0.29, 0.717) is 29.0 Å². The summed E-state index contributed by atoms with van der Waals surface area (Å²) < 4.78 is 42.9. The average molecular weight is 515 g/mol. The van der Waals surface area contributed by atoms with Crippen molar-refractivity contribution in [3.63, 3.8) is 0 Å². The number of benzene rings is 1. The third-order valence-electron chi connectivity index (χ3n) is 9.22. The van der Waals surface area contributed by atoms with Gasteiger partial charge in [-0.3, -0.25) is 9.59 Å². The molecule has 2 aromatic rings. The molecule has 1 aliphatic heterocycles. The van der Waals surface area contributed by atoms with Crippen molar-refractivity contribution in [2.24, 2.45) is 17.8 Å². The molecule has 4 atom stereocenters. The van der Waals surface area contributed by atoms with Gasteiger partial charge in [0.25, 0.3) is 17.9 Å². The van der Waals surface area contributed by atoms with Crippen molar-refractivity contribution in [2.45, 2.75) is 63.1 Å². The highest BCUT2D eigenvalue weighted by atomic mass is 19.3. The number of hydrogen-bond acceptors (Lipinski definition) is 4. The summed E-state index contributed by atoms with van der Waals surface area (Å²) in [6.45, 7) is 3.69. The van der Waals surface area contributed by atoms with Crippen LogP contribution in [0.4, 0.5) is 18.9 Å². The zero-order chi connectivity index (χ0) is 26.1. The van der Waals surface area contributed by atoms with Crippen LogP contribution in [-0.4, -0.2) is 41.6 Å². The number of nitrogens with zero attached hydrogens (tertiary/aromatic N) is 2. The van der Waals surface area contributed by atoms with Crippen molar-refractivity contribution in [3.05, 3.63) is 63.3 Å². The first-order valence-corrected chi connectivity index (χ1v) is 13.2. The standard InChI is InChI=1S/C28H33F3N4O2/c1-15(20-4-3-5-21(25(20)29)26(30)31)32-27(37)22-14-35(28-9-16(10-28)11-28)24(36)8-23(22)33-19-6-17-12-34(2)13-18(17)7-19/h3-5,8,14-19,26,33H,6-7,9-13H2,1-2H3,(H,32,37)/t15-,16?,17-,18+,19-,28?/m1/s1. The summed E-state index contributed by atoms with van der Waals surface area (Å²) >= 11 is 0. The number of hydrogen-bond donors (Lipinski definition) is 2. The lowest BCUT2D eigenvalue weighted by Crippen LogP contribution is -2.62. The molecule has 0 unspecified atom stereocenters. The minimum Gasteiger partial charge on any atom is -0.381 e. The Morgan fingerprint density at radius 1 is 1.11 bits per heavy atom. The average Bonchev–Trinajstić information content (AvgIpc) is 3.29. The molecule has 198 valence electrons. The third kappa shape index (κ3) is 4.15. The van der Waals surface area contributed by atoms with Crippen molar-refractivity contribution < 1.29 is 18.0 Å². The molecule has 1 saturated heterocycles. The van der Waals surface area contributed by atoms with E-state index in [0.717, 1.165) is 51.3 Å². The van der Waals surface area contributed by atoms with Gasteiger partial charge in [-0.15, -0.1) is 0 Å². The van der Waals surface area contributed by atoms with Gasteiger partial charge in [0.05, 0.1) is 22.9 Å². The number of fused-ring (bicyclic) bond motifs is 1. The fraction of sp³-hybridized carbons (Fsp3) is 0.571. The summed E-state index contributed by atoms with van der Waals surface area (Å²) in [4.78, 5) is 29.0. The van der Waals surface area contributed by atoms with E-state index in [1.54, 1.807) is 17.7 Å². The number of likely N-dealkylation sites (tertiary alicyclic amines) is 1. The van der Waals surface area contributed by atoms with Crippen molar-refractivity contribution in [1.82, 2.24) is 14.8 Å². The van der Waals surface area contributed by atoms with Crippen molar-refractivity contribution in [3.8, 4) is 0 Å². The zero-order valence-electron chi connectivity index (χ0n) is 21.1. The monoisotopic (exact) mass is 514 g/mol. The third-order valence-corrected chi connectivity index (χ3v) is 9.22. The van der Waals surface area contributed by atoms with Crippen LogP contribution in [0.3, 0.4) is 0 Å². The summed E-state index contributed by atoms with van der Waals surface area (Å²) in [6, 6.07) is 4.68. The van der Waals surface area contributed by atoms with E-state index >= 15 is 0 Å². The molecule has 4 saturated carbocycles. The predicted octanol–water partition coefficient (Wildman–Crippen LogP) is 4.68. The summed E-state index contributed by atoms with van der Waals surface area (Å²) in [6.07, 6.45) is 3.50. The van der Waals surface area contributed by atoms with Crippen LogP contribution >= 0.6 is 0 Å². The number of carbonyl (C=O) groups excluding carboxylic acids is 1. The normalized spacial score (nSPS) is 31.0. The topological polar surface area (TPSA) is 66.4 Å². The van der Waals surface area contributed by atoms with Crippen molar-refractivity contribution in [1.29, 1.82) is 0 Å². The van der Waals surface area contributed by atoms with E-state index in [4.69, 9.17) is 0 Å². The Bertz CT molecular complexity index is 1260. The number of anilines is 1. The summed E-state index contributed by atoms with van der Waals surface area (Å²) in [5.74, 6) is 0.389. The quantitative estimate of drug-likeness (QED) is 0.563. The van der Waals surface area contributed by atoms with Crippen LogP contribution < -0.4 is 16.2 Å². The number of amides is 1. The molecule has 1 amide bonds. The number of nitrogens with one attached hydrogen (secondary N) is 2. The van der Waals surface area contributed by atoms with Gasteiger partial charge in [0, 0.05) is 42.5 Å². The first-order chi connectivity index (χ1) is 17.6. The van der Waals surface area contributed by atoms with Gasteiger partial charge >= 0.3 is 0 Å². The molecule has 7 rings (SSSR count). The maximum Gasteiger partial charge on any atom is 0.266 e. The van der Waals surface area contributed by atoms with Gasteiger partial charge in [0.2, 0.25) is 0 Å². The summed E-state index contributed by atoms with van der Waals surface area (Å²) in [7, 11) is 2.13. The van der Waals surface area contributed by atoms with Gasteiger partial charge in [-0.25, -0.2) is 13.2 Å². The number of pyridine rings is 1. The molecule has 1 aromatic carbocycles. The Morgan fingerprint density at radius 2 is 1.76 bits per heavy atom. The van der Waals surface area contributed by atoms with E-state index in [1.165, 1.54) is 18.2 Å². The molecule has 9 heteroatoms. The second-order valence-electron chi connectivity index (χ2n) is 11.8. The van der Waals surface area contributed by atoms with E-state index in [2.05, 4.69) is 22.6 Å². The Morgan fingerprint density at radius 3 is 2.35 bits per heavy atom. The van der Waals surface area contributed by atoms with Crippen molar-refractivity contribution >= 4 is 11.6 Å². The van der Waals surface area contributed by atoms with Crippen LogP contribution in [0.2, 0.25) is 0 Å². The largest absolute Gasteiger partial charge is 0.381 e. The second kappa shape index (κ2) is 8.89. The maximum absolute atomic E-state index is 14.8. The second-order valence-corrected chi connectivity index (χ2v) is 11.8. The fourth-order valence-corrected chi connectivity index (χ4v) is 7.23. The van der Waals surface area contributed by atoms with Crippen molar-refractivity contribution in [2.75, 3.05) is 25.5 Å². The molecule has 5 aliphatic rings. The summed E-state index contributed by atoms with van der Waals surface area (Å²) in [5, 5.41) is 6.28. The molecule has 0 radical (unpaired) electrons. The molecule has 5 fully saturated rings. The molecule has 6 nitrogen and oxygen atoms in total. The van der Waals surface area contributed by atoms with Crippen LogP contribution in [0.1, 0.15) is 73.0 Å². The van der Waals surface area contributed by atoms with Crippen LogP contribution in [0.25, 0.3) is 0 Å². The summed E-state index contributed by atoms with van der Waals surface area (Å²) in [5.41, 5.74) is -0.197. The molecule has 2 bridgehead atoms. The van der Waals surface area contributed by atoms with Crippen LogP contribution in [0.5, 0.6) is 0 Å². The molecule has 0 spiro atoms. The van der Waals surface area contributed by atoms with Crippen LogP contribution in [-0.2, 0) is 5.54 Å². The highest BCUT2D eigenvalue weighted by Gasteiger charge is 2.58. The van der Waals surface area contributed by atoms with E-state index in [-0.39, 0.29) is 22.7 Å². The zero-order valence-corrected chi connectivity index (χ0v) is 21.1. The highest BCUT2D eigenvalue weighted by molar-refractivity contribution is 5.99. The van der Waals surface area contributed by atoms with Gasteiger partial charge in [0.15, 0.2) is 0 Å². The van der Waals surface area contributed by atoms with E-state index < -0.39 is 29.8 Å². The van der Waals surface area contributed by atoms with E-state index in [9.17, 15) is 22.8 Å². The Balaban J connectivity index is 1.28. The number of halogens is 3. The van der Waals surface area contributed by atoms with Gasteiger partial charge in [0.1, 0.15) is 5.82 Å². The Labute approximate surface area is 214 Å².